The van der Waals surface area contributed by atoms with Gasteiger partial charge < -0.3 is 30.5 Å². The molecule has 9 nitrogen and oxygen atoms in total. The minimum absolute atomic E-state index is 0.0328. The number of amides is 2. The summed E-state index contributed by atoms with van der Waals surface area (Å²) in [5.41, 5.74) is 1.84. The predicted molar refractivity (Wildman–Crippen MR) is 158 cm³/mol. The molecular formula is C30H29FN4O5S. The van der Waals surface area contributed by atoms with Gasteiger partial charge in [0.25, 0.3) is 5.91 Å². The molecule has 4 aromatic rings. The fraction of sp³-hybridized carbons (Fsp3) is 0.200. The Bertz CT molecular complexity index is 1560. The van der Waals surface area contributed by atoms with Gasteiger partial charge in [0.1, 0.15) is 11.5 Å². The molecule has 0 bridgehead atoms. The highest BCUT2D eigenvalue weighted by molar-refractivity contribution is 7.80. The highest BCUT2D eigenvalue weighted by Gasteiger charge is 2.19. The average molecular weight is 577 g/mol. The van der Waals surface area contributed by atoms with Gasteiger partial charge in [0.2, 0.25) is 5.91 Å². The number of hydrogen-bond acceptors (Lipinski definition) is 7. The van der Waals surface area contributed by atoms with Crippen molar-refractivity contribution < 1.29 is 28.6 Å². The second-order valence-corrected chi connectivity index (χ2v) is 9.46. The molecule has 1 aromatic heterocycles. The molecule has 0 saturated carbocycles. The van der Waals surface area contributed by atoms with Gasteiger partial charge in [0, 0.05) is 29.4 Å². The van der Waals surface area contributed by atoms with Gasteiger partial charge in [-0.1, -0.05) is 37.3 Å². The number of fused-ring (bicyclic) bond motifs is 1. The van der Waals surface area contributed by atoms with E-state index in [0.29, 0.717) is 28.8 Å². The van der Waals surface area contributed by atoms with Crippen molar-refractivity contribution in [3.05, 3.63) is 89.9 Å². The third-order valence-corrected chi connectivity index (χ3v) is 6.39. The minimum Gasteiger partial charge on any atom is -0.496 e. The van der Waals surface area contributed by atoms with Crippen LogP contribution in [0.3, 0.4) is 0 Å². The van der Waals surface area contributed by atoms with Crippen molar-refractivity contribution in [2.75, 3.05) is 19.0 Å². The summed E-state index contributed by atoms with van der Waals surface area (Å²) in [5.74, 6) is -0.934. The summed E-state index contributed by atoms with van der Waals surface area (Å²) in [4.78, 5) is 29.5. The Kier molecular flexibility index (Phi) is 9.77. The van der Waals surface area contributed by atoms with Crippen LogP contribution in [0.5, 0.6) is 17.2 Å². The molecular weight excluding hydrogens is 547 g/mol. The predicted octanol–water partition coefficient (Wildman–Crippen LogP) is 4.73. The van der Waals surface area contributed by atoms with Gasteiger partial charge in [-0.25, -0.2) is 4.39 Å². The molecule has 3 aromatic carbocycles. The number of carbonyl (C=O) groups excluding carboxylic acids is 2. The van der Waals surface area contributed by atoms with E-state index in [1.54, 1.807) is 24.3 Å². The molecule has 0 aliphatic rings. The first-order chi connectivity index (χ1) is 19.8. The Morgan fingerprint density at radius 2 is 1.83 bits per heavy atom. The van der Waals surface area contributed by atoms with E-state index >= 15 is 4.39 Å². The third kappa shape index (κ3) is 7.53. The molecule has 41 heavy (non-hydrogen) atoms. The first-order valence-corrected chi connectivity index (χ1v) is 13.2. The molecule has 0 saturated heterocycles. The average Bonchev–Trinajstić information content (AvgIpc) is 2.96. The van der Waals surface area contributed by atoms with Crippen LogP contribution in [0.15, 0.2) is 72.9 Å². The topological polar surface area (TPSA) is 122 Å². The highest BCUT2D eigenvalue weighted by atomic mass is 32.1. The number of methoxy groups -OCH3 is 1. The molecule has 0 aliphatic heterocycles. The number of nitrogens with zero attached hydrogens (tertiary/aromatic N) is 1. The van der Waals surface area contributed by atoms with E-state index in [2.05, 4.69) is 20.9 Å². The monoisotopic (exact) mass is 576 g/mol. The van der Waals surface area contributed by atoms with Crippen molar-refractivity contribution in [3.8, 4) is 17.2 Å². The Morgan fingerprint density at radius 3 is 2.51 bits per heavy atom. The minimum atomic E-state index is -0.682. The molecule has 4 N–H and O–H groups in total. The number of hydrogen-bond donors (Lipinski definition) is 4. The van der Waals surface area contributed by atoms with Crippen molar-refractivity contribution in [3.63, 3.8) is 0 Å². The summed E-state index contributed by atoms with van der Waals surface area (Å²) in [6.07, 6.45) is 2.20. The van der Waals surface area contributed by atoms with Crippen LogP contribution in [0.4, 0.5) is 10.1 Å². The molecule has 1 heterocycles. The second kappa shape index (κ2) is 13.6. The molecule has 2 amide bonds. The summed E-state index contributed by atoms with van der Waals surface area (Å²) in [6.45, 7) is 1.64. The Hall–Kier alpha value is -4.61. The van der Waals surface area contributed by atoms with Crippen LogP contribution in [0.25, 0.3) is 10.9 Å². The van der Waals surface area contributed by atoms with Crippen molar-refractivity contribution in [2.24, 2.45) is 0 Å². The van der Waals surface area contributed by atoms with E-state index in [1.807, 2.05) is 37.3 Å². The number of anilines is 1. The standard InChI is InChI=1S/C30H29FN4O5S/c1-3-19(17-36)33-29(38)22-15-21-24(16-27(22)39-2)32-12-11-25(21)40-26-10-9-20(14-23(26)31)34-30(41)35-28(37)13-18-7-5-4-6-8-18/h4-12,14-16,19,36H,3,13,17H2,1-2H3,(H,33,38)(H2,34,35,37,41)/t19-/m0/s1. The van der Waals surface area contributed by atoms with Gasteiger partial charge in [-0.15, -0.1) is 0 Å². The van der Waals surface area contributed by atoms with Crippen molar-refractivity contribution in [1.82, 2.24) is 15.6 Å². The maximum absolute atomic E-state index is 15.1. The largest absolute Gasteiger partial charge is 0.496 e. The van der Waals surface area contributed by atoms with E-state index < -0.39 is 17.8 Å². The number of aromatic nitrogens is 1. The van der Waals surface area contributed by atoms with Gasteiger partial charge in [-0.05, 0) is 48.5 Å². The number of aliphatic hydroxyl groups excluding tert-OH is 1. The van der Waals surface area contributed by atoms with Gasteiger partial charge in [-0.3, -0.25) is 14.6 Å². The zero-order valence-electron chi connectivity index (χ0n) is 22.4. The van der Waals surface area contributed by atoms with Crippen LogP contribution >= 0.6 is 12.2 Å². The smallest absolute Gasteiger partial charge is 0.255 e. The first-order valence-electron chi connectivity index (χ1n) is 12.8. The number of ether oxygens (including phenoxy) is 2. The maximum Gasteiger partial charge on any atom is 0.255 e. The van der Waals surface area contributed by atoms with E-state index in [0.717, 1.165) is 5.56 Å². The fourth-order valence-electron chi connectivity index (χ4n) is 4.02. The Labute approximate surface area is 241 Å². The number of pyridine rings is 1. The number of aliphatic hydroxyl groups is 1. The summed E-state index contributed by atoms with van der Waals surface area (Å²) in [5, 5.41) is 18.1. The SMILES string of the molecule is CC[C@@H](CO)NC(=O)c1cc2c(Oc3ccc(NC(=S)NC(=O)Cc4ccccc4)cc3F)ccnc2cc1OC. The van der Waals surface area contributed by atoms with Crippen LogP contribution < -0.4 is 25.4 Å². The highest BCUT2D eigenvalue weighted by Crippen LogP contribution is 2.34. The van der Waals surface area contributed by atoms with Crippen molar-refractivity contribution in [1.29, 1.82) is 0 Å². The molecule has 0 spiro atoms. The number of carbonyl (C=O) groups is 2. The zero-order chi connectivity index (χ0) is 29.4. The molecule has 0 aliphatic carbocycles. The lowest BCUT2D eigenvalue weighted by Gasteiger charge is -2.17. The van der Waals surface area contributed by atoms with Gasteiger partial charge in [-0.2, -0.15) is 0 Å². The normalized spacial score (nSPS) is 11.4. The summed E-state index contributed by atoms with van der Waals surface area (Å²) < 4.78 is 26.3. The van der Waals surface area contributed by atoms with Crippen molar-refractivity contribution in [2.45, 2.75) is 25.8 Å². The first kappa shape index (κ1) is 29.4. The van der Waals surface area contributed by atoms with Crippen LogP contribution in [-0.2, 0) is 11.2 Å². The van der Waals surface area contributed by atoms with Gasteiger partial charge in [0.05, 0.1) is 37.3 Å². The zero-order valence-corrected chi connectivity index (χ0v) is 23.3. The molecule has 11 heteroatoms. The van der Waals surface area contributed by atoms with Crippen LogP contribution in [-0.4, -0.2) is 46.8 Å². The fourth-order valence-corrected chi connectivity index (χ4v) is 4.25. The van der Waals surface area contributed by atoms with E-state index in [-0.39, 0.29) is 41.1 Å². The Balaban J connectivity index is 1.50. The summed E-state index contributed by atoms with van der Waals surface area (Å²) >= 11 is 5.20. The summed E-state index contributed by atoms with van der Waals surface area (Å²) in [7, 11) is 1.44. The van der Waals surface area contributed by atoms with Gasteiger partial charge in [0.15, 0.2) is 16.7 Å². The maximum atomic E-state index is 15.1. The quantitative estimate of drug-likeness (QED) is 0.200. The van der Waals surface area contributed by atoms with E-state index in [1.165, 1.54) is 25.4 Å². The van der Waals surface area contributed by atoms with Gasteiger partial charge >= 0.3 is 0 Å². The molecule has 0 unspecified atom stereocenters. The number of nitrogens with one attached hydrogen (secondary N) is 3. The van der Waals surface area contributed by atoms with Crippen LogP contribution in [0, 0.1) is 5.82 Å². The number of rotatable bonds is 10. The van der Waals surface area contributed by atoms with E-state index in [4.69, 9.17) is 21.7 Å². The lowest BCUT2D eigenvalue weighted by atomic mass is 10.1. The lowest BCUT2D eigenvalue weighted by molar-refractivity contribution is -0.119. The lowest BCUT2D eigenvalue weighted by Crippen LogP contribution is -2.37. The molecule has 212 valence electrons. The van der Waals surface area contributed by atoms with Crippen molar-refractivity contribution >= 4 is 45.7 Å². The number of benzene rings is 3. The number of halogens is 1. The third-order valence-electron chi connectivity index (χ3n) is 6.19. The number of thiocarbonyl (C=S) groups is 1. The van der Waals surface area contributed by atoms with Crippen LogP contribution in [0.1, 0.15) is 29.3 Å². The Morgan fingerprint density at radius 1 is 1.05 bits per heavy atom. The second-order valence-electron chi connectivity index (χ2n) is 9.05. The van der Waals surface area contributed by atoms with Crippen LogP contribution in [0.2, 0.25) is 0 Å². The van der Waals surface area contributed by atoms with E-state index in [9.17, 15) is 14.7 Å². The molecule has 4 rings (SSSR count). The molecule has 0 radical (unpaired) electrons. The summed E-state index contributed by atoms with van der Waals surface area (Å²) in [6, 6.07) is 17.7. The molecule has 0 fully saturated rings. The molecule has 1 atom stereocenters.